The van der Waals surface area contributed by atoms with E-state index in [-0.39, 0.29) is 24.5 Å². The lowest BCUT2D eigenvalue weighted by atomic mass is 9.57. The first-order chi connectivity index (χ1) is 11.1. The van der Waals surface area contributed by atoms with Crippen molar-refractivity contribution in [1.82, 2.24) is 0 Å². The van der Waals surface area contributed by atoms with Gasteiger partial charge in [-0.05, 0) is 38.0 Å². The molecule has 4 atom stereocenters. The predicted molar refractivity (Wildman–Crippen MR) is 76.3 cm³/mol. The van der Waals surface area contributed by atoms with Gasteiger partial charge in [0, 0.05) is 0 Å². The van der Waals surface area contributed by atoms with Crippen LogP contribution in [0.15, 0.2) is 0 Å². The fourth-order valence-corrected chi connectivity index (χ4v) is 4.02. The van der Waals surface area contributed by atoms with Crippen LogP contribution in [0, 0.1) is 16.7 Å². The van der Waals surface area contributed by atoms with Crippen molar-refractivity contribution in [2.24, 2.45) is 16.7 Å². The van der Waals surface area contributed by atoms with Crippen LogP contribution in [0.4, 0.5) is 0 Å². The Kier molecular flexibility index (Phi) is 4.58. The minimum absolute atomic E-state index is 0.0269. The van der Waals surface area contributed by atoms with Gasteiger partial charge in [0.1, 0.15) is 5.41 Å². The van der Waals surface area contributed by atoms with Gasteiger partial charge in [-0.2, -0.15) is 0 Å². The molecule has 2 aliphatic rings. The van der Waals surface area contributed by atoms with Gasteiger partial charge in [0.25, 0.3) is 5.41 Å². The highest BCUT2D eigenvalue weighted by molar-refractivity contribution is 6.20. The molecule has 9 nitrogen and oxygen atoms in total. The second-order valence-corrected chi connectivity index (χ2v) is 6.50. The Morgan fingerprint density at radius 2 is 1.46 bits per heavy atom. The molecule has 2 rings (SSSR count). The maximum atomic E-state index is 12.0. The monoisotopic (exact) mass is 344 g/mol. The molecule has 4 N–H and O–H groups in total. The summed E-state index contributed by atoms with van der Waals surface area (Å²) in [5.41, 5.74) is -5.91. The number of carboxylic acids is 4. The predicted octanol–water partition coefficient (Wildman–Crippen LogP) is 0.665. The van der Waals surface area contributed by atoms with Crippen LogP contribution in [0.1, 0.15) is 39.0 Å². The van der Waals surface area contributed by atoms with Gasteiger partial charge in [0.05, 0.1) is 12.2 Å². The van der Waals surface area contributed by atoms with E-state index in [1.807, 2.05) is 0 Å². The molecule has 9 heteroatoms. The minimum atomic E-state index is -3.45. The van der Waals surface area contributed by atoms with Crippen LogP contribution >= 0.6 is 0 Å². The van der Waals surface area contributed by atoms with Crippen molar-refractivity contribution < 1.29 is 44.3 Å². The first-order valence-corrected chi connectivity index (χ1v) is 7.72. The molecule has 1 saturated carbocycles. The second-order valence-electron chi connectivity index (χ2n) is 6.50. The number of epoxide rings is 1. The van der Waals surface area contributed by atoms with E-state index in [9.17, 15) is 39.6 Å². The maximum Gasteiger partial charge on any atom is 0.333 e. The Labute approximate surface area is 137 Å². The number of carboxylic acid groups (broad SMARTS) is 4. The molecule has 0 aromatic rings. The Morgan fingerprint density at radius 1 is 0.917 bits per heavy atom. The van der Waals surface area contributed by atoms with Crippen molar-refractivity contribution in [2.75, 3.05) is 0 Å². The average molecular weight is 344 g/mol. The molecule has 0 amide bonds. The molecule has 0 aromatic heterocycles. The average Bonchev–Trinajstić information content (AvgIpc) is 3.23. The summed E-state index contributed by atoms with van der Waals surface area (Å²) in [5.74, 6) is -8.56. The number of hydrogen-bond donors (Lipinski definition) is 4. The Bertz CT molecular complexity index is 547. The van der Waals surface area contributed by atoms with E-state index in [4.69, 9.17) is 4.74 Å². The molecular weight excluding hydrogens is 324 g/mol. The van der Waals surface area contributed by atoms with Crippen molar-refractivity contribution in [3.63, 3.8) is 0 Å². The van der Waals surface area contributed by atoms with Crippen LogP contribution in [0.5, 0.6) is 0 Å². The van der Waals surface area contributed by atoms with Gasteiger partial charge in [-0.15, -0.1) is 0 Å². The Hall–Kier alpha value is -2.16. The minimum Gasteiger partial charge on any atom is -0.481 e. The van der Waals surface area contributed by atoms with Crippen molar-refractivity contribution in [1.29, 1.82) is 0 Å². The van der Waals surface area contributed by atoms with Crippen LogP contribution in [0.2, 0.25) is 0 Å². The summed E-state index contributed by atoms with van der Waals surface area (Å²) >= 11 is 0. The van der Waals surface area contributed by atoms with Crippen LogP contribution in [0.25, 0.3) is 0 Å². The van der Waals surface area contributed by atoms with Gasteiger partial charge >= 0.3 is 23.9 Å². The van der Waals surface area contributed by atoms with E-state index in [0.717, 1.165) is 0 Å². The highest BCUT2D eigenvalue weighted by atomic mass is 16.6. The molecule has 0 aromatic carbocycles. The summed E-state index contributed by atoms with van der Waals surface area (Å²) < 4.78 is 5.35. The van der Waals surface area contributed by atoms with Crippen molar-refractivity contribution in [2.45, 2.75) is 51.2 Å². The smallest absolute Gasteiger partial charge is 0.333 e. The number of rotatable bonds is 8. The molecule has 1 aliphatic heterocycles. The van der Waals surface area contributed by atoms with E-state index in [0.29, 0.717) is 19.3 Å². The largest absolute Gasteiger partial charge is 0.481 e. The molecule has 24 heavy (non-hydrogen) atoms. The lowest BCUT2D eigenvalue weighted by Gasteiger charge is -2.41. The zero-order chi connectivity index (χ0) is 18.3. The third-order valence-corrected chi connectivity index (χ3v) is 5.44. The third kappa shape index (κ3) is 2.43. The summed E-state index contributed by atoms with van der Waals surface area (Å²) in [6, 6.07) is 0. The van der Waals surface area contributed by atoms with E-state index in [1.165, 1.54) is 6.92 Å². The van der Waals surface area contributed by atoms with E-state index in [1.54, 1.807) is 0 Å². The molecule has 1 heterocycles. The Balaban J connectivity index is 2.50. The zero-order valence-corrected chi connectivity index (χ0v) is 13.1. The standard InChI is InChI=1S/C15H20O9/c1-2-14(10(16)17,6-7-3-4-8-9(5-7)24-8)15(11(18)19,12(20)21)13(22)23/h7-9H,2-6H2,1H3,(H,16,17)(H,18,19)(H,20,21)(H,22,23). The second kappa shape index (κ2) is 6.04. The lowest BCUT2D eigenvalue weighted by molar-refractivity contribution is -0.197. The van der Waals surface area contributed by atoms with E-state index < -0.39 is 41.1 Å². The van der Waals surface area contributed by atoms with Crippen molar-refractivity contribution >= 4 is 23.9 Å². The molecule has 1 saturated heterocycles. The topological polar surface area (TPSA) is 162 Å². The van der Waals surface area contributed by atoms with Crippen LogP contribution in [0.3, 0.4) is 0 Å². The number of carbonyl (C=O) groups is 4. The van der Waals surface area contributed by atoms with E-state index in [2.05, 4.69) is 0 Å². The Morgan fingerprint density at radius 3 is 1.83 bits per heavy atom. The van der Waals surface area contributed by atoms with Crippen molar-refractivity contribution in [3.05, 3.63) is 0 Å². The SMILES string of the molecule is CCC(CC1CCC2OC2C1)(C(=O)O)C(C(=O)O)(C(=O)O)C(=O)O. The van der Waals surface area contributed by atoms with Gasteiger partial charge in [0.2, 0.25) is 0 Å². The number of fused-ring (bicyclic) bond motifs is 1. The summed E-state index contributed by atoms with van der Waals surface area (Å²) in [6.45, 7) is 1.30. The summed E-state index contributed by atoms with van der Waals surface area (Å²) in [4.78, 5) is 47.0. The maximum absolute atomic E-state index is 12.0. The summed E-state index contributed by atoms with van der Waals surface area (Å²) in [7, 11) is 0. The highest BCUT2D eigenvalue weighted by Crippen LogP contribution is 2.52. The van der Waals surface area contributed by atoms with Gasteiger partial charge < -0.3 is 25.2 Å². The molecule has 0 bridgehead atoms. The first-order valence-electron chi connectivity index (χ1n) is 7.72. The molecule has 4 unspecified atom stereocenters. The molecule has 134 valence electrons. The fraction of sp³-hybridized carbons (Fsp3) is 0.733. The van der Waals surface area contributed by atoms with Crippen LogP contribution in [-0.4, -0.2) is 56.5 Å². The van der Waals surface area contributed by atoms with Gasteiger partial charge in [-0.3, -0.25) is 19.2 Å². The highest BCUT2D eigenvalue weighted by Gasteiger charge is 2.71. The summed E-state index contributed by atoms with van der Waals surface area (Å²) in [6.07, 6.45) is 1.04. The number of hydrogen-bond acceptors (Lipinski definition) is 5. The van der Waals surface area contributed by atoms with Gasteiger partial charge in [-0.1, -0.05) is 6.92 Å². The van der Waals surface area contributed by atoms with Crippen molar-refractivity contribution in [3.8, 4) is 0 Å². The number of ether oxygens (including phenoxy) is 1. The zero-order valence-electron chi connectivity index (χ0n) is 13.1. The van der Waals surface area contributed by atoms with E-state index >= 15 is 0 Å². The van der Waals surface area contributed by atoms with Crippen LogP contribution in [-0.2, 0) is 23.9 Å². The molecule has 1 aliphatic carbocycles. The normalized spacial score (nSPS) is 28.3. The van der Waals surface area contributed by atoms with Gasteiger partial charge in [-0.25, -0.2) is 0 Å². The van der Waals surface area contributed by atoms with Crippen LogP contribution < -0.4 is 0 Å². The summed E-state index contributed by atoms with van der Waals surface area (Å²) in [5, 5.41) is 38.0. The first kappa shape index (κ1) is 18.2. The quantitative estimate of drug-likeness (QED) is 0.366. The molecule has 0 radical (unpaired) electrons. The fourth-order valence-electron chi connectivity index (χ4n) is 4.02. The molecular formula is C15H20O9. The lowest BCUT2D eigenvalue weighted by Crippen LogP contribution is -2.62. The molecule has 0 spiro atoms. The third-order valence-electron chi connectivity index (χ3n) is 5.44. The number of aliphatic carboxylic acids is 4. The van der Waals surface area contributed by atoms with Gasteiger partial charge in [0.15, 0.2) is 0 Å². The molecule has 2 fully saturated rings.